The van der Waals surface area contributed by atoms with Gasteiger partial charge in [-0.15, -0.1) is 0 Å². The second-order valence-corrected chi connectivity index (χ2v) is 6.09. The van der Waals surface area contributed by atoms with Gasteiger partial charge in [-0.25, -0.2) is 0 Å². The Morgan fingerprint density at radius 2 is 1.95 bits per heavy atom. The van der Waals surface area contributed by atoms with E-state index in [1.165, 1.54) is 30.5 Å². The van der Waals surface area contributed by atoms with Crippen LogP contribution in [0.3, 0.4) is 0 Å². The smallest absolute Gasteiger partial charge is 0.0230 e. The van der Waals surface area contributed by atoms with Crippen molar-refractivity contribution < 1.29 is 0 Å². The molecule has 0 saturated heterocycles. The van der Waals surface area contributed by atoms with E-state index in [4.69, 9.17) is 0 Å². The van der Waals surface area contributed by atoms with Gasteiger partial charge in [0.25, 0.3) is 0 Å². The van der Waals surface area contributed by atoms with E-state index in [9.17, 15) is 0 Å². The molecule has 0 amide bonds. The second-order valence-electron chi connectivity index (χ2n) is 6.09. The highest BCUT2D eigenvalue weighted by Crippen LogP contribution is 2.29. The van der Waals surface area contributed by atoms with Crippen molar-refractivity contribution in [3.63, 3.8) is 0 Å². The zero-order valence-electron chi connectivity index (χ0n) is 12.7. The van der Waals surface area contributed by atoms with Gasteiger partial charge in [0.2, 0.25) is 0 Å². The van der Waals surface area contributed by atoms with Gasteiger partial charge in [0.1, 0.15) is 0 Å². The Kier molecular flexibility index (Phi) is 5.41. The van der Waals surface area contributed by atoms with Crippen LogP contribution in [0.5, 0.6) is 0 Å². The summed E-state index contributed by atoms with van der Waals surface area (Å²) in [6.07, 6.45) is 2.87. The van der Waals surface area contributed by atoms with Gasteiger partial charge in [0.15, 0.2) is 0 Å². The van der Waals surface area contributed by atoms with Crippen molar-refractivity contribution in [1.82, 2.24) is 10.2 Å². The van der Waals surface area contributed by atoms with Gasteiger partial charge in [0, 0.05) is 19.6 Å². The second kappa shape index (κ2) is 7.06. The maximum atomic E-state index is 3.41. The molecule has 0 heterocycles. The quantitative estimate of drug-likeness (QED) is 0.772. The van der Waals surface area contributed by atoms with Crippen LogP contribution in [0.4, 0.5) is 0 Å². The number of nitrogens with zero attached hydrogens (tertiary/aromatic N) is 1. The lowest BCUT2D eigenvalue weighted by Crippen LogP contribution is -2.21. The van der Waals surface area contributed by atoms with Crippen LogP contribution in [0, 0.1) is 5.92 Å². The first-order valence-electron chi connectivity index (χ1n) is 7.67. The van der Waals surface area contributed by atoms with Crippen LogP contribution in [0.2, 0.25) is 0 Å². The average molecular weight is 260 g/mol. The van der Waals surface area contributed by atoms with E-state index < -0.39 is 0 Å². The van der Waals surface area contributed by atoms with Crippen molar-refractivity contribution >= 4 is 0 Å². The van der Waals surface area contributed by atoms with Crippen molar-refractivity contribution in [3.8, 4) is 0 Å². The van der Waals surface area contributed by atoms with Crippen LogP contribution < -0.4 is 5.32 Å². The van der Waals surface area contributed by atoms with Gasteiger partial charge < -0.3 is 10.2 Å². The number of rotatable bonds is 8. The molecule has 1 fully saturated rings. The fourth-order valence-electron chi connectivity index (χ4n) is 2.55. The summed E-state index contributed by atoms with van der Waals surface area (Å²) in [4.78, 5) is 2.45. The number of hydrogen-bond acceptors (Lipinski definition) is 2. The monoisotopic (exact) mass is 260 g/mol. The summed E-state index contributed by atoms with van der Waals surface area (Å²) in [5.41, 5.74) is 2.87. The SMILES string of the molecule is CCNCC(C)c1ccc(CN(C)CC2CC2)cc1. The molecule has 1 aliphatic carbocycles. The Bertz CT molecular complexity index is 367. The third kappa shape index (κ3) is 4.96. The van der Waals surface area contributed by atoms with Crippen LogP contribution in [-0.2, 0) is 6.54 Å². The van der Waals surface area contributed by atoms with Gasteiger partial charge in [-0.2, -0.15) is 0 Å². The Morgan fingerprint density at radius 1 is 1.26 bits per heavy atom. The van der Waals surface area contributed by atoms with Crippen LogP contribution in [0.1, 0.15) is 43.7 Å². The number of likely N-dealkylation sites (N-methyl/N-ethyl adjacent to an activating group) is 1. The van der Waals surface area contributed by atoms with Crippen molar-refractivity contribution in [1.29, 1.82) is 0 Å². The maximum absolute atomic E-state index is 3.41. The lowest BCUT2D eigenvalue weighted by Gasteiger charge is -2.17. The van der Waals surface area contributed by atoms with Crippen LogP contribution in [0.25, 0.3) is 0 Å². The first kappa shape index (κ1) is 14.5. The summed E-state index contributed by atoms with van der Waals surface area (Å²) in [7, 11) is 2.24. The molecule has 0 aromatic heterocycles. The fraction of sp³-hybridized carbons (Fsp3) is 0.647. The summed E-state index contributed by atoms with van der Waals surface area (Å²) in [6, 6.07) is 9.17. The Morgan fingerprint density at radius 3 is 2.53 bits per heavy atom. The Balaban J connectivity index is 1.82. The van der Waals surface area contributed by atoms with Gasteiger partial charge in [-0.3, -0.25) is 0 Å². The predicted molar refractivity (Wildman–Crippen MR) is 82.5 cm³/mol. The molecule has 2 nitrogen and oxygen atoms in total. The molecule has 1 atom stereocenters. The van der Waals surface area contributed by atoms with Gasteiger partial charge in [-0.05, 0) is 49.4 Å². The van der Waals surface area contributed by atoms with E-state index in [-0.39, 0.29) is 0 Å². The van der Waals surface area contributed by atoms with E-state index in [1.54, 1.807) is 0 Å². The number of benzene rings is 1. The Hall–Kier alpha value is -0.860. The molecule has 2 heteroatoms. The third-order valence-electron chi connectivity index (χ3n) is 3.97. The first-order valence-corrected chi connectivity index (χ1v) is 7.67. The fourth-order valence-corrected chi connectivity index (χ4v) is 2.55. The molecule has 0 radical (unpaired) electrons. The molecular weight excluding hydrogens is 232 g/mol. The largest absolute Gasteiger partial charge is 0.316 e. The summed E-state index contributed by atoms with van der Waals surface area (Å²) in [5.74, 6) is 1.57. The van der Waals surface area contributed by atoms with Crippen molar-refractivity contribution in [2.24, 2.45) is 5.92 Å². The molecule has 1 saturated carbocycles. The van der Waals surface area contributed by atoms with Crippen molar-refractivity contribution in [2.45, 2.75) is 39.2 Å². The molecular formula is C17H28N2. The Labute approximate surface area is 118 Å². The third-order valence-corrected chi connectivity index (χ3v) is 3.97. The molecule has 0 bridgehead atoms. The molecule has 1 N–H and O–H groups in total. The predicted octanol–water partition coefficient (Wildman–Crippen LogP) is 3.24. The highest BCUT2D eigenvalue weighted by molar-refractivity contribution is 5.25. The van der Waals surface area contributed by atoms with E-state index in [1.807, 2.05) is 0 Å². The molecule has 1 unspecified atom stereocenters. The average Bonchev–Trinajstić information content (AvgIpc) is 3.20. The normalized spacial score (nSPS) is 16.8. The van der Waals surface area contributed by atoms with Crippen LogP contribution >= 0.6 is 0 Å². The molecule has 19 heavy (non-hydrogen) atoms. The van der Waals surface area contributed by atoms with E-state index >= 15 is 0 Å². The van der Waals surface area contributed by atoms with E-state index in [0.29, 0.717) is 5.92 Å². The van der Waals surface area contributed by atoms with Crippen molar-refractivity contribution in [2.75, 3.05) is 26.7 Å². The zero-order chi connectivity index (χ0) is 13.7. The summed E-state index contributed by atoms with van der Waals surface area (Å²) < 4.78 is 0. The highest BCUT2D eigenvalue weighted by atomic mass is 15.1. The number of nitrogens with one attached hydrogen (secondary N) is 1. The zero-order valence-corrected chi connectivity index (χ0v) is 12.7. The highest BCUT2D eigenvalue weighted by Gasteiger charge is 2.22. The summed E-state index contributed by atoms with van der Waals surface area (Å²) in [5, 5.41) is 3.41. The van der Waals surface area contributed by atoms with Gasteiger partial charge in [-0.1, -0.05) is 38.1 Å². The first-order chi connectivity index (χ1) is 9.19. The maximum Gasteiger partial charge on any atom is 0.0230 e. The minimum atomic E-state index is 0.596. The molecule has 1 aliphatic rings. The minimum absolute atomic E-state index is 0.596. The topological polar surface area (TPSA) is 15.3 Å². The molecule has 106 valence electrons. The van der Waals surface area contributed by atoms with Gasteiger partial charge >= 0.3 is 0 Å². The molecule has 0 spiro atoms. The molecule has 1 aromatic rings. The molecule has 2 rings (SSSR count). The van der Waals surface area contributed by atoms with Crippen LogP contribution in [-0.4, -0.2) is 31.6 Å². The summed E-state index contributed by atoms with van der Waals surface area (Å²) >= 11 is 0. The minimum Gasteiger partial charge on any atom is -0.316 e. The molecule has 0 aliphatic heterocycles. The summed E-state index contributed by atoms with van der Waals surface area (Å²) in [6.45, 7) is 8.91. The standard InChI is InChI=1S/C17H28N2/c1-4-18-11-14(2)17-9-7-16(8-10-17)13-19(3)12-15-5-6-15/h7-10,14-15,18H,4-6,11-13H2,1-3H3. The lowest BCUT2D eigenvalue weighted by molar-refractivity contribution is 0.313. The lowest BCUT2D eigenvalue weighted by atomic mass is 9.99. The van der Waals surface area contributed by atoms with Crippen LogP contribution in [0.15, 0.2) is 24.3 Å². The van der Waals surface area contributed by atoms with E-state index in [2.05, 4.69) is 55.4 Å². The number of hydrogen-bond donors (Lipinski definition) is 1. The van der Waals surface area contributed by atoms with Gasteiger partial charge in [0.05, 0.1) is 0 Å². The van der Waals surface area contributed by atoms with E-state index in [0.717, 1.165) is 25.6 Å². The van der Waals surface area contributed by atoms with Crippen molar-refractivity contribution in [3.05, 3.63) is 35.4 Å². The molecule has 1 aromatic carbocycles.